The van der Waals surface area contributed by atoms with E-state index < -0.39 is 0 Å². The summed E-state index contributed by atoms with van der Waals surface area (Å²) < 4.78 is 10.8. The zero-order valence-electron chi connectivity index (χ0n) is 11.6. The quantitative estimate of drug-likeness (QED) is 0.868. The number of benzene rings is 1. The Balaban J connectivity index is 2.23. The molecule has 2 rings (SSSR count). The maximum absolute atomic E-state index is 5.46. The van der Waals surface area contributed by atoms with Crippen LogP contribution in [-0.2, 0) is 0 Å². The highest BCUT2D eigenvalue weighted by molar-refractivity contribution is 5.71. The van der Waals surface area contributed by atoms with Crippen molar-refractivity contribution in [1.82, 2.24) is 4.90 Å². The van der Waals surface area contributed by atoms with E-state index in [1.54, 1.807) is 14.2 Å². The normalized spacial score (nSPS) is 17.5. The number of hydrogen-bond donors (Lipinski definition) is 1. The molecule has 0 bridgehead atoms. The molecule has 0 spiro atoms. The number of nitrogens with zero attached hydrogens (tertiary/aromatic N) is 1. The van der Waals surface area contributed by atoms with Crippen LogP contribution in [0.2, 0.25) is 0 Å². The van der Waals surface area contributed by atoms with Crippen LogP contribution in [0.1, 0.15) is 17.9 Å². The number of anilines is 1. The standard InChI is InChI=1S/C14H22N2O2/c1-16(2)8-7-10-9-15-13-11(10)5-6-12(17-3)14(13)18-4/h5-6,10,15H,7-9H2,1-4H3. The molecule has 1 aliphatic rings. The Morgan fingerprint density at radius 3 is 2.67 bits per heavy atom. The predicted octanol–water partition coefficient (Wildman–Crippen LogP) is 2.16. The highest BCUT2D eigenvalue weighted by atomic mass is 16.5. The zero-order valence-corrected chi connectivity index (χ0v) is 11.6. The third-order valence-corrected chi connectivity index (χ3v) is 3.47. The van der Waals surface area contributed by atoms with Crippen molar-refractivity contribution in [3.05, 3.63) is 17.7 Å². The van der Waals surface area contributed by atoms with E-state index in [0.29, 0.717) is 5.92 Å². The molecule has 1 N–H and O–H groups in total. The fourth-order valence-corrected chi connectivity index (χ4v) is 2.47. The van der Waals surface area contributed by atoms with Gasteiger partial charge in [-0.25, -0.2) is 0 Å². The Kier molecular flexibility index (Phi) is 3.97. The second kappa shape index (κ2) is 5.48. The van der Waals surface area contributed by atoms with Crippen molar-refractivity contribution in [2.24, 2.45) is 0 Å². The van der Waals surface area contributed by atoms with Crippen LogP contribution in [-0.4, -0.2) is 46.3 Å². The highest BCUT2D eigenvalue weighted by Crippen LogP contribution is 2.45. The smallest absolute Gasteiger partial charge is 0.184 e. The van der Waals surface area contributed by atoms with Crippen molar-refractivity contribution < 1.29 is 9.47 Å². The summed E-state index contributed by atoms with van der Waals surface area (Å²) >= 11 is 0. The van der Waals surface area contributed by atoms with Crippen LogP contribution in [0.4, 0.5) is 5.69 Å². The van der Waals surface area contributed by atoms with E-state index in [1.807, 2.05) is 6.07 Å². The fourth-order valence-electron chi connectivity index (χ4n) is 2.47. The molecule has 100 valence electrons. The van der Waals surface area contributed by atoms with Crippen LogP contribution in [0.3, 0.4) is 0 Å². The van der Waals surface area contributed by atoms with E-state index >= 15 is 0 Å². The van der Waals surface area contributed by atoms with E-state index in [0.717, 1.165) is 36.7 Å². The van der Waals surface area contributed by atoms with Gasteiger partial charge >= 0.3 is 0 Å². The third-order valence-electron chi connectivity index (χ3n) is 3.47. The number of fused-ring (bicyclic) bond motifs is 1. The largest absolute Gasteiger partial charge is 0.493 e. The average molecular weight is 250 g/mol. The van der Waals surface area contributed by atoms with Crippen molar-refractivity contribution in [1.29, 1.82) is 0 Å². The molecule has 0 aliphatic carbocycles. The molecule has 1 heterocycles. The molecule has 1 aromatic carbocycles. The van der Waals surface area contributed by atoms with Crippen LogP contribution >= 0.6 is 0 Å². The van der Waals surface area contributed by atoms with E-state index in [4.69, 9.17) is 9.47 Å². The summed E-state index contributed by atoms with van der Waals surface area (Å²) in [5.74, 6) is 2.17. The van der Waals surface area contributed by atoms with Gasteiger partial charge in [-0.2, -0.15) is 0 Å². The first kappa shape index (κ1) is 13.0. The molecule has 1 aromatic rings. The van der Waals surface area contributed by atoms with Gasteiger partial charge in [-0.05, 0) is 38.7 Å². The monoisotopic (exact) mass is 250 g/mol. The van der Waals surface area contributed by atoms with Crippen LogP contribution < -0.4 is 14.8 Å². The van der Waals surface area contributed by atoms with Crippen molar-refractivity contribution in [3.8, 4) is 11.5 Å². The minimum atomic E-state index is 0.558. The molecule has 4 nitrogen and oxygen atoms in total. The lowest BCUT2D eigenvalue weighted by molar-refractivity contribution is 0.356. The number of methoxy groups -OCH3 is 2. The molecule has 0 fully saturated rings. The average Bonchev–Trinajstić information content (AvgIpc) is 2.78. The van der Waals surface area contributed by atoms with E-state index in [-0.39, 0.29) is 0 Å². The SMILES string of the molecule is COc1ccc2c(c1OC)NCC2CCN(C)C. The van der Waals surface area contributed by atoms with Crippen LogP contribution in [0.15, 0.2) is 12.1 Å². The lowest BCUT2D eigenvalue weighted by atomic mass is 9.97. The summed E-state index contributed by atoms with van der Waals surface area (Å²) in [7, 11) is 7.57. The number of rotatable bonds is 5. The molecule has 0 aromatic heterocycles. The molecule has 1 unspecified atom stereocenters. The van der Waals surface area contributed by atoms with Gasteiger partial charge in [-0.3, -0.25) is 0 Å². The number of hydrogen-bond acceptors (Lipinski definition) is 4. The molecule has 1 atom stereocenters. The summed E-state index contributed by atoms with van der Waals surface area (Å²) in [5, 5.41) is 3.44. The first-order chi connectivity index (χ1) is 8.67. The molecular formula is C14H22N2O2. The maximum Gasteiger partial charge on any atom is 0.184 e. The lowest BCUT2D eigenvalue weighted by Crippen LogP contribution is -2.16. The van der Waals surface area contributed by atoms with Crippen molar-refractivity contribution in [3.63, 3.8) is 0 Å². The minimum Gasteiger partial charge on any atom is -0.493 e. The summed E-state index contributed by atoms with van der Waals surface area (Å²) in [6.45, 7) is 2.08. The summed E-state index contributed by atoms with van der Waals surface area (Å²) in [6, 6.07) is 4.14. The number of ether oxygens (including phenoxy) is 2. The second-order valence-corrected chi connectivity index (χ2v) is 4.94. The Morgan fingerprint density at radius 1 is 1.28 bits per heavy atom. The summed E-state index contributed by atoms with van der Waals surface area (Å²) in [5.41, 5.74) is 2.44. The van der Waals surface area contributed by atoms with Gasteiger partial charge in [0.25, 0.3) is 0 Å². The van der Waals surface area contributed by atoms with Crippen molar-refractivity contribution in [2.75, 3.05) is 46.7 Å². The lowest BCUT2D eigenvalue weighted by Gasteiger charge is -2.15. The predicted molar refractivity (Wildman–Crippen MR) is 73.9 cm³/mol. The van der Waals surface area contributed by atoms with Gasteiger partial charge in [0.05, 0.1) is 19.9 Å². The summed E-state index contributed by atoms with van der Waals surface area (Å²) in [4.78, 5) is 2.22. The highest BCUT2D eigenvalue weighted by Gasteiger charge is 2.26. The van der Waals surface area contributed by atoms with Crippen molar-refractivity contribution >= 4 is 5.69 Å². The molecule has 18 heavy (non-hydrogen) atoms. The Morgan fingerprint density at radius 2 is 2.06 bits per heavy atom. The molecule has 0 radical (unpaired) electrons. The topological polar surface area (TPSA) is 33.7 Å². The molecule has 0 saturated heterocycles. The van der Waals surface area contributed by atoms with Crippen LogP contribution in [0, 0.1) is 0 Å². The van der Waals surface area contributed by atoms with E-state index in [9.17, 15) is 0 Å². The molecule has 0 saturated carbocycles. The van der Waals surface area contributed by atoms with Crippen molar-refractivity contribution in [2.45, 2.75) is 12.3 Å². The first-order valence-electron chi connectivity index (χ1n) is 6.30. The van der Waals surface area contributed by atoms with Gasteiger partial charge in [0, 0.05) is 12.5 Å². The molecule has 0 amide bonds. The Bertz CT molecular complexity index is 419. The second-order valence-electron chi connectivity index (χ2n) is 4.94. The maximum atomic E-state index is 5.46. The van der Waals surface area contributed by atoms with Crippen LogP contribution in [0.25, 0.3) is 0 Å². The zero-order chi connectivity index (χ0) is 13.1. The van der Waals surface area contributed by atoms with Gasteiger partial charge in [-0.15, -0.1) is 0 Å². The van der Waals surface area contributed by atoms with Gasteiger partial charge in [-0.1, -0.05) is 6.07 Å². The third kappa shape index (κ3) is 2.38. The summed E-state index contributed by atoms with van der Waals surface area (Å²) in [6.07, 6.45) is 1.16. The van der Waals surface area contributed by atoms with E-state index in [1.165, 1.54) is 5.56 Å². The van der Waals surface area contributed by atoms with Crippen LogP contribution in [0.5, 0.6) is 11.5 Å². The molecule has 1 aliphatic heterocycles. The van der Waals surface area contributed by atoms with Gasteiger partial charge in [0.2, 0.25) is 0 Å². The first-order valence-corrected chi connectivity index (χ1v) is 6.30. The molecular weight excluding hydrogens is 228 g/mol. The molecule has 4 heteroatoms. The minimum absolute atomic E-state index is 0.558. The van der Waals surface area contributed by atoms with Gasteiger partial charge < -0.3 is 19.7 Å². The fraction of sp³-hybridized carbons (Fsp3) is 0.571. The number of nitrogens with one attached hydrogen (secondary N) is 1. The van der Waals surface area contributed by atoms with E-state index in [2.05, 4.69) is 30.4 Å². The Hall–Kier alpha value is -1.42. The van der Waals surface area contributed by atoms with Gasteiger partial charge in [0.1, 0.15) is 0 Å². The Labute approximate surface area is 109 Å². The van der Waals surface area contributed by atoms with Gasteiger partial charge in [0.15, 0.2) is 11.5 Å².